The number of benzene rings is 1. The molecule has 8 nitrogen and oxygen atoms in total. The van der Waals surface area contributed by atoms with Gasteiger partial charge in [0.1, 0.15) is 5.82 Å². The minimum Gasteiger partial charge on any atom is -0.464 e. The maximum atomic E-state index is 12.0. The molecule has 25 heavy (non-hydrogen) atoms. The number of ether oxygens (including phenoxy) is 1. The zero-order chi connectivity index (χ0) is 18.0. The molecule has 3 aromatic rings. The molecule has 8 heteroatoms. The van der Waals surface area contributed by atoms with Gasteiger partial charge in [0.2, 0.25) is 0 Å². The molecule has 0 aliphatic rings. The summed E-state index contributed by atoms with van der Waals surface area (Å²) >= 11 is 0. The predicted octanol–water partition coefficient (Wildman–Crippen LogP) is 2.53. The van der Waals surface area contributed by atoms with Crippen LogP contribution in [-0.4, -0.2) is 32.2 Å². The molecule has 3 rings (SSSR count). The van der Waals surface area contributed by atoms with Gasteiger partial charge < -0.3 is 9.84 Å². The number of non-ortho nitro benzene ring substituents is 1. The SMILES string of the molecule is CCOC(=O)C(O)c1cc2cc([N+](=O)[O-])ccc2n1-c1ccccn1. The zero-order valence-corrected chi connectivity index (χ0v) is 13.3. The maximum Gasteiger partial charge on any atom is 0.341 e. The first-order valence-corrected chi connectivity index (χ1v) is 7.59. The van der Waals surface area contributed by atoms with Crippen LogP contribution in [0.2, 0.25) is 0 Å². The Hall–Kier alpha value is -3.26. The average molecular weight is 341 g/mol. The number of aromatic nitrogens is 2. The molecule has 0 radical (unpaired) electrons. The zero-order valence-electron chi connectivity index (χ0n) is 13.3. The van der Waals surface area contributed by atoms with Crippen molar-refractivity contribution < 1.29 is 19.6 Å². The smallest absolute Gasteiger partial charge is 0.341 e. The van der Waals surface area contributed by atoms with E-state index in [4.69, 9.17) is 4.74 Å². The fourth-order valence-electron chi connectivity index (χ4n) is 2.62. The molecule has 0 bridgehead atoms. The van der Waals surface area contributed by atoms with Crippen molar-refractivity contribution in [3.63, 3.8) is 0 Å². The van der Waals surface area contributed by atoms with Crippen molar-refractivity contribution in [1.29, 1.82) is 0 Å². The topological polar surface area (TPSA) is 107 Å². The summed E-state index contributed by atoms with van der Waals surface area (Å²) in [6.07, 6.45) is 0.0426. The molecule has 0 fully saturated rings. The van der Waals surface area contributed by atoms with Gasteiger partial charge in [-0.3, -0.25) is 14.7 Å². The van der Waals surface area contributed by atoms with Gasteiger partial charge in [0.25, 0.3) is 5.69 Å². The number of nitro benzene ring substituents is 1. The number of pyridine rings is 1. The first kappa shape index (κ1) is 16.6. The van der Waals surface area contributed by atoms with Crippen LogP contribution >= 0.6 is 0 Å². The van der Waals surface area contributed by atoms with Gasteiger partial charge in [-0.05, 0) is 31.2 Å². The van der Waals surface area contributed by atoms with Crippen molar-refractivity contribution in [2.24, 2.45) is 0 Å². The first-order valence-electron chi connectivity index (χ1n) is 7.59. The van der Waals surface area contributed by atoms with E-state index in [0.717, 1.165) is 0 Å². The molecule has 0 aliphatic carbocycles. The van der Waals surface area contributed by atoms with Crippen LogP contribution in [0.3, 0.4) is 0 Å². The molecular weight excluding hydrogens is 326 g/mol. The van der Waals surface area contributed by atoms with Crippen LogP contribution in [0.15, 0.2) is 48.7 Å². The van der Waals surface area contributed by atoms with Crippen molar-refractivity contribution in [1.82, 2.24) is 9.55 Å². The number of rotatable bonds is 5. The van der Waals surface area contributed by atoms with Gasteiger partial charge in [-0.15, -0.1) is 0 Å². The summed E-state index contributed by atoms with van der Waals surface area (Å²) in [5.41, 5.74) is 0.734. The second-order valence-corrected chi connectivity index (χ2v) is 5.25. The summed E-state index contributed by atoms with van der Waals surface area (Å²) in [6.45, 7) is 1.77. The molecule has 1 atom stereocenters. The van der Waals surface area contributed by atoms with Gasteiger partial charge in [0, 0.05) is 23.7 Å². The van der Waals surface area contributed by atoms with Gasteiger partial charge in [0.15, 0.2) is 6.10 Å². The number of aliphatic hydroxyl groups excluding tert-OH is 1. The number of aliphatic hydroxyl groups is 1. The Labute approximate surface area is 142 Å². The molecular formula is C17H15N3O5. The van der Waals surface area contributed by atoms with Gasteiger partial charge in [-0.1, -0.05) is 6.07 Å². The van der Waals surface area contributed by atoms with E-state index >= 15 is 0 Å². The fourth-order valence-corrected chi connectivity index (χ4v) is 2.62. The van der Waals surface area contributed by atoms with E-state index in [-0.39, 0.29) is 18.0 Å². The van der Waals surface area contributed by atoms with E-state index in [1.807, 2.05) is 0 Å². The number of fused-ring (bicyclic) bond motifs is 1. The van der Waals surface area contributed by atoms with Gasteiger partial charge in [-0.25, -0.2) is 9.78 Å². The van der Waals surface area contributed by atoms with Gasteiger partial charge in [0.05, 0.1) is 22.7 Å². The van der Waals surface area contributed by atoms with Gasteiger partial charge >= 0.3 is 5.97 Å². The van der Waals surface area contributed by atoms with Crippen molar-refractivity contribution in [2.45, 2.75) is 13.0 Å². The Balaban J connectivity index is 2.23. The number of nitro groups is 1. The lowest BCUT2D eigenvalue weighted by atomic mass is 10.2. The third-order valence-corrected chi connectivity index (χ3v) is 3.69. The molecule has 2 aromatic heterocycles. The normalized spacial score (nSPS) is 12.1. The second-order valence-electron chi connectivity index (χ2n) is 5.25. The second kappa shape index (κ2) is 6.70. The Kier molecular flexibility index (Phi) is 4.44. The molecule has 1 unspecified atom stereocenters. The fraction of sp³-hybridized carbons (Fsp3) is 0.176. The Morgan fingerprint density at radius 2 is 2.16 bits per heavy atom. The molecule has 1 N–H and O–H groups in total. The summed E-state index contributed by atoms with van der Waals surface area (Å²) in [5, 5.41) is 21.9. The van der Waals surface area contributed by atoms with Crippen LogP contribution in [0, 0.1) is 10.1 Å². The Morgan fingerprint density at radius 3 is 2.80 bits per heavy atom. The third kappa shape index (κ3) is 3.07. The standard InChI is InChI=1S/C17H15N3O5/c1-2-25-17(22)16(21)14-10-11-9-12(20(23)24)6-7-13(11)19(14)15-5-3-4-8-18-15/h3-10,16,21H,2H2,1H3. The summed E-state index contributed by atoms with van der Waals surface area (Å²) in [6, 6.07) is 11.0. The predicted molar refractivity (Wildman–Crippen MR) is 89.3 cm³/mol. The quantitative estimate of drug-likeness (QED) is 0.434. The highest BCUT2D eigenvalue weighted by molar-refractivity contribution is 5.87. The van der Waals surface area contributed by atoms with Crippen LogP contribution in [0.25, 0.3) is 16.7 Å². The van der Waals surface area contributed by atoms with Crippen LogP contribution in [-0.2, 0) is 9.53 Å². The minimum atomic E-state index is -1.53. The lowest BCUT2D eigenvalue weighted by molar-refractivity contribution is -0.384. The van der Waals surface area contributed by atoms with E-state index in [1.54, 1.807) is 42.0 Å². The van der Waals surface area contributed by atoms with E-state index in [1.165, 1.54) is 18.2 Å². The maximum absolute atomic E-state index is 12.0. The van der Waals surface area contributed by atoms with E-state index in [0.29, 0.717) is 16.7 Å². The molecule has 0 amide bonds. The van der Waals surface area contributed by atoms with E-state index < -0.39 is 17.0 Å². The largest absolute Gasteiger partial charge is 0.464 e. The van der Waals surface area contributed by atoms with Crippen molar-refractivity contribution >= 4 is 22.6 Å². The molecule has 2 heterocycles. The van der Waals surface area contributed by atoms with Crippen molar-refractivity contribution in [2.75, 3.05) is 6.61 Å². The highest BCUT2D eigenvalue weighted by Crippen LogP contribution is 2.30. The molecule has 0 spiro atoms. The number of esters is 1. The highest BCUT2D eigenvalue weighted by Gasteiger charge is 2.25. The molecule has 0 aliphatic heterocycles. The molecule has 0 saturated carbocycles. The van der Waals surface area contributed by atoms with Crippen molar-refractivity contribution in [3.8, 4) is 5.82 Å². The Morgan fingerprint density at radius 1 is 1.36 bits per heavy atom. The third-order valence-electron chi connectivity index (χ3n) is 3.69. The van der Waals surface area contributed by atoms with Crippen LogP contribution in [0.1, 0.15) is 18.7 Å². The number of nitrogens with zero attached hydrogens (tertiary/aromatic N) is 3. The lowest BCUT2D eigenvalue weighted by Crippen LogP contribution is -2.18. The first-order chi connectivity index (χ1) is 12.0. The summed E-state index contributed by atoms with van der Waals surface area (Å²) in [4.78, 5) is 26.7. The monoisotopic (exact) mass is 341 g/mol. The minimum absolute atomic E-state index is 0.0807. The molecule has 0 saturated heterocycles. The number of carbonyl (C=O) groups is 1. The summed E-state index contributed by atoms with van der Waals surface area (Å²) < 4.78 is 6.46. The van der Waals surface area contributed by atoms with Gasteiger partial charge in [-0.2, -0.15) is 0 Å². The number of carbonyl (C=O) groups excluding carboxylic acids is 1. The summed E-state index contributed by atoms with van der Waals surface area (Å²) in [5.74, 6) is -0.318. The van der Waals surface area contributed by atoms with Crippen LogP contribution in [0.5, 0.6) is 0 Å². The van der Waals surface area contributed by atoms with Crippen LogP contribution < -0.4 is 0 Å². The van der Waals surface area contributed by atoms with Crippen molar-refractivity contribution in [3.05, 3.63) is 64.5 Å². The average Bonchev–Trinajstić information content (AvgIpc) is 3.00. The number of hydrogen-bond acceptors (Lipinski definition) is 6. The number of hydrogen-bond donors (Lipinski definition) is 1. The van der Waals surface area contributed by atoms with E-state index in [2.05, 4.69) is 4.98 Å². The Bertz CT molecular complexity index is 936. The lowest BCUT2D eigenvalue weighted by Gasteiger charge is -2.14. The molecule has 128 valence electrons. The van der Waals surface area contributed by atoms with Crippen LogP contribution in [0.4, 0.5) is 5.69 Å². The summed E-state index contributed by atoms with van der Waals surface area (Å²) in [7, 11) is 0. The molecule has 1 aromatic carbocycles. The van der Waals surface area contributed by atoms with E-state index in [9.17, 15) is 20.0 Å². The highest BCUT2D eigenvalue weighted by atomic mass is 16.6.